The Hall–Kier alpha value is -2.57. The molecule has 0 radical (unpaired) electrons. The number of ether oxygens (including phenoxy) is 1. The SMILES string of the molecule is CC(C)C1(C(=O)O)CCN(C(=O)c2ccc3c(c2)NC(=O)CO3)C1. The zero-order valence-corrected chi connectivity index (χ0v) is 13.7. The minimum atomic E-state index is -0.902. The molecule has 24 heavy (non-hydrogen) atoms. The summed E-state index contributed by atoms with van der Waals surface area (Å²) in [5.74, 6) is -0.906. The summed E-state index contributed by atoms with van der Waals surface area (Å²) in [6.45, 7) is 4.30. The third kappa shape index (κ3) is 2.60. The van der Waals surface area contributed by atoms with Crippen LogP contribution in [0.15, 0.2) is 18.2 Å². The van der Waals surface area contributed by atoms with Gasteiger partial charge in [-0.15, -0.1) is 0 Å². The normalized spacial score (nSPS) is 22.8. The summed E-state index contributed by atoms with van der Waals surface area (Å²) in [6, 6.07) is 4.85. The van der Waals surface area contributed by atoms with Crippen molar-refractivity contribution in [1.29, 1.82) is 0 Å². The van der Waals surface area contributed by atoms with E-state index in [9.17, 15) is 19.5 Å². The number of hydrogen-bond donors (Lipinski definition) is 2. The van der Waals surface area contributed by atoms with E-state index in [1.54, 1.807) is 23.1 Å². The van der Waals surface area contributed by atoms with Crippen LogP contribution in [0.4, 0.5) is 5.69 Å². The lowest BCUT2D eigenvalue weighted by molar-refractivity contribution is -0.150. The van der Waals surface area contributed by atoms with Crippen molar-refractivity contribution in [3.8, 4) is 5.75 Å². The van der Waals surface area contributed by atoms with Crippen LogP contribution in [-0.2, 0) is 9.59 Å². The molecule has 0 aliphatic carbocycles. The summed E-state index contributed by atoms with van der Waals surface area (Å²) in [4.78, 5) is 37.4. The van der Waals surface area contributed by atoms with Crippen molar-refractivity contribution in [1.82, 2.24) is 4.90 Å². The third-order valence-electron chi connectivity index (χ3n) is 4.98. The molecule has 1 fully saturated rings. The van der Waals surface area contributed by atoms with Crippen LogP contribution in [0.3, 0.4) is 0 Å². The van der Waals surface area contributed by atoms with E-state index >= 15 is 0 Å². The van der Waals surface area contributed by atoms with Crippen molar-refractivity contribution in [2.45, 2.75) is 20.3 Å². The van der Waals surface area contributed by atoms with Gasteiger partial charge in [0.05, 0.1) is 11.1 Å². The largest absolute Gasteiger partial charge is 0.482 e. The number of aliphatic carboxylic acids is 1. The predicted molar refractivity (Wildman–Crippen MR) is 86.0 cm³/mol. The Kier molecular flexibility index (Phi) is 3.95. The monoisotopic (exact) mass is 332 g/mol. The number of amides is 2. The number of carbonyl (C=O) groups excluding carboxylic acids is 2. The Labute approximate surface area is 139 Å². The van der Waals surface area contributed by atoms with Crippen LogP contribution in [0.5, 0.6) is 5.75 Å². The smallest absolute Gasteiger partial charge is 0.311 e. The minimum absolute atomic E-state index is 0.0397. The number of carboxylic acids is 1. The quantitative estimate of drug-likeness (QED) is 0.876. The fraction of sp³-hybridized carbons (Fsp3) is 0.471. The van der Waals surface area contributed by atoms with E-state index in [2.05, 4.69) is 5.32 Å². The number of nitrogens with one attached hydrogen (secondary N) is 1. The first kappa shape index (κ1) is 16.3. The maximum Gasteiger partial charge on any atom is 0.311 e. The third-order valence-corrected chi connectivity index (χ3v) is 4.98. The highest BCUT2D eigenvalue weighted by Crippen LogP contribution is 2.39. The van der Waals surface area contributed by atoms with Gasteiger partial charge in [0.1, 0.15) is 5.75 Å². The van der Waals surface area contributed by atoms with E-state index < -0.39 is 11.4 Å². The summed E-state index contributed by atoms with van der Waals surface area (Å²) >= 11 is 0. The van der Waals surface area contributed by atoms with Gasteiger partial charge < -0.3 is 20.1 Å². The summed E-state index contributed by atoms with van der Waals surface area (Å²) in [7, 11) is 0. The molecule has 1 saturated heterocycles. The van der Waals surface area contributed by atoms with Crippen molar-refractivity contribution >= 4 is 23.5 Å². The lowest BCUT2D eigenvalue weighted by atomic mass is 9.76. The van der Waals surface area contributed by atoms with Crippen molar-refractivity contribution in [3.63, 3.8) is 0 Å². The molecular formula is C17H20N2O5. The molecule has 128 valence electrons. The average molecular weight is 332 g/mol. The first-order chi connectivity index (χ1) is 11.3. The number of carboxylic acid groups (broad SMARTS) is 1. The highest BCUT2D eigenvalue weighted by atomic mass is 16.5. The standard InChI is InChI=1S/C17H20N2O5/c1-10(2)17(16(22)23)5-6-19(9-17)15(21)11-3-4-13-12(7-11)18-14(20)8-24-13/h3-4,7,10H,5-6,8-9H2,1-2H3,(H,18,20)(H,22,23). The first-order valence-corrected chi connectivity index (χ1v) is 7.93. The minimum Gasteiger partial charge on any atom is -0.482 e. The molecule has 2 heterocycles. The molecule has 2 aliphatic rings. The summed E-state index contributed by atoms with van der Waals surface area (Å²) < 4.78 is 5.28. The van der Waals surface area contributed by atoms with Crippen LogP contribution in [0.25, 0.3) is 0 Å². The maximum absolute atomic E-state index is 12.7. The van der Waals surface area contributed by atoms with Crippen molar-refractivity contribution in [2.24, 2.45) is 11.3 Å². The summed E-state index contributed by atoms with van der Waals surface area (Å²) in [6.07, 6.45) is 0.441. The lowest BCUT2D eigenvalue weighted by Crippen LogP contribution is -2.40. The van der Waals surface area contributed by atoms with Crippen LogP contribution < -0.4 is 10.1 Å². The molecule has 1 aromatic rings. The molecule has 0 aromatic heterocycles. The molecule has 0 bridgehead atoms. The molecule has 1 unspecified atom stereocenters. The molecule has 0 spiro atoms. The maximum atomic E-state index is 12.7. The molecule has 1 aromatic carbocycles. The molecule has 2 amide bonds. The van der Waals surface area contributed by atoms with Gasteiger partial charge in [0.15, 0.2) is 6.61 Å². The fourth-order valence-electron chi connectivity index (χ4n) is 3.30. The molecule has 2 N–H and O–H groups in total. The average Bonchev–Trinajstić information content (AvgIpc) is 3.00. The second-order valence-corrected chi connectivity index (χ2v) is 6.64. The topological polar surface area (TPSA) is 95.9 Å². The van der Waals surface area contributed by atoms with Crippen molar-refractivity contribution in [3.05, 3.63) is 23.8 Å². The number of nitrogens with zero attached hydrogens (tertiary/aromatic N) is 1. The van der Waals surface area contributed by atoms with E-state index in [0.29, 0.717) is 30.0 Å². The second-order valence-electron chi connectivity index (χ2n) is 6.64. The molecule has 2 aliphatic heterocycles. The van der Waals surface area contributed by atoms with Crippen LogP contribution in [0, 0.1) is 11.3 Å². The number of rotatable bonds is 3. The predicted octanol–water partition coefficient (Wildman–Crippen LogP) is 1.59. The van der Waals surface area contributed by atoms with Gasteiger partial charge in [-0.3, -0.25) is 14.4 Å². The van der Waals surface area contributed by atoms with Crippen molar-refractivity contribution < 1.29 is 24.2 Å². The second kappa shape index (κ2) is 5.81. The molecule has 3 rings (SSSR count). The van der Waals surface area contributed by atoms with E-state index in [0.717, 1.165) is 0 Å². The van der Waals surface area contributed by atoms with Crippen molar-refractivity contribution in [2.75, 3.05) is 25.0 Å². The Bertz CT molecular complexity index is 715. The molecule has 0 saturated carbocycles. The molecule has 7 nitrogen and oxygen atoms in total. The Morgan fingerprint density at radius 2 is 2.12 bits per heavy atom. The zero-order chi connectivity index (χ0) is 17.5. The highest BCUT2D eigenvalue weighted by Gasteiger charge is 2.48. The van der Waals surface area contributed by atoms with Crippen LogP contribution in [-0.4, -0.2) is 47.5 Å². The van der Waals surface area contributed by atoms with Gasteiger partial charge >= 0.3 is 5.97 Å². The fourth-order valence-corrected chi connectivity index (χ4v) is 3.30. The number of hydrogen-bond acceptors (Lipinski definition) is 4. The van der Waals surface area contributed by atoms with E-state index in [1.807, 2.05) is 13.8 Å². The molecular weight excluding hydrogens is 312 g/mol. The van der Waals surface area contributed by atoms with Gasteiger partial charge in [-0.2, -0.15) is 0 Å². The Balaban J connectivity index is 1.82. The van der Waals surface area contributed by atoms with E-state index in [1.165, 1.54) is 0 Å². The first-order valence-electron chi connectivity index (χ1n) is 7.93. The van der Waals surface area contributed by atoms with Gasteiger partial charge in [0, 0.05) is 18.7 Å². The van der Waals surface area contributed by atoms with Crippen LogP contribution in [0.1, 0.15) is 30.6 Å². The summed E-state index contributed by atoms with van der Waals surface area (Å²) in [5.41, 5.74) is -0.0320. The van der Waals surface area contributed by atoms with E-state index in [-0.39, 0.29) is 30.9 Å². The van der Waals surface area contributed by atoms with Gasteiger partial charge in [-0.25, -0.2) is 0 Å². The lowest BCUT2D eigenvalue weighted by Gasteiger charge is -2.28. The van der Waals surface area contributed by atoms with E-state index in [4.69, 9.17) is 4.74 Å². The Morgan fingerprint density at radius 1 is 1.38 bits per heavy atom. The number of carbonyl (C=O) groups is 3. The van der Waals surface area contributed by atoms with Gasteiger partial charge in [-0.05, 0) is 30.5 Å². The Morgan fingerprint density at radius 3 is 2.75 bits per heavy atom. The number of fused-ring (bicyclic) bond motifs is 1. The van der Waals surface area contributed by atoms with Gasteiger partial charge in [0.25, 0.3) is 11.8 Å². The summed E-state index contributed by atoms with van der Waals surface area (Å²) in [5, 5.41) is 12.3. The molecule has 7 heteroatoms. The van der Waals surface area contributed by atoms with Gasteiger partial charge in [0.2, 0.25) is 0 Å². The van der Waals surface area contributed by atoms with Crippen LogP contribution >= 0.6 is 0 Å². The number of likely N-dealkylation sites (tertiary alicyclic amines) is 1. The zero-order valence-electron chi connectivity index (χ0n) is 13.7. The van der Waals surface area contributed by atoms with Crippen LogP contribution in [0.2, 0.25) is 0 Å². The van der Waals surface area contributed by atoms with Gasteiger partial charge in [-0.1, -0.05) is 13.8 Å². The number of anilines is 1. The highest BCUT2D eigenvalue weighted by molar-refractivity contribution is 6.00. The molecule has 1 atom stereocenters. The number of benzene rings is 1.